The van der Waals surface area contributed by atoms with E-state index in [1.165, 1.54) is 11.1 Å². The van der Waals surface area contributed by atoms with Crippen LogP contribution < -0.4 is 4.57 Å². The first-order valence-corrected chi connectivity index (χ1v) is 7.15. The summed E-state index contributed by atoms with van der Waals surface area (Å²) in [6.45, 7) is 5.78. The molecule has 2 heteroatoms. The molecule has 1 nitrogen and oxygen atoms in total. The van der Waals surface area contributed by atoms with E-state index in [9.17, 15) is 4.39 Å². The largest absolute Gasteiger partial charge is 0.213 e. The Hall–Kier alpha value is -2.22. The predicted molar refractivity (Wildman–Crippen MR) is 84.7 cm³/mol. The number of aromatic nitrogens is 1. The molecule has 3 rings (SSSR count). The maximum absolute atomic E-state index is 14.1. The molecule has 3 aromatic rings. The van der Waals surface area contributed by atoms with Crippen LogP contribution in [0.1, 0.15) is 16.7 Å². The molecule has 0 N–H and O–H groups in total. The van der Waals surface area contributed by atoms with Crippen molar-refractivity contribution in [1.82, 2.24) is 0 Å². The molecular weight excluding hydrogens is 261 g/mol. The second kappa shape index (κ2) is 4.96. The molecule has 0 aliphatic rings. The third-order valence-electron chi connectivity index (χ3n) is 4.26. The van der Waals surface area contributed by atoms with Gasteiger partial charge < -0.3 is 0 Å². The monoisotopic (exact) mass is 280 g/mol. The molecule has 0 fully saturated rings. The van der Waals surface area contributed by atoms with Crippen LogP contribution in [0.25, 0.3) is 22.2 Å². The van der Waals surface area contributed by atoms with Gasteiger partial charge >= 0.3 is 0 Å². The molecule has 0 atom stereocenters. The van der Waals surface area contributed by atoms with Crippen LogP contribution in [0, 0.1) is 26.6 Å². The molecule has 0 saturated heterocycles. The fourth-order valence-corrected chi connectivity index (χ4v) is 2.97. The predicted octanol–water partition coefficient (Wildman–Crippen LogP) is 4.40. The number of halogens is 1. The van der Waals surface area contributed by atoms with E-state index in [4.69, 9.17) is 0 Å². The molecule has 0 aliphatic carbocycles. The first kappa shape index (κ1) is 13.7. The second-order valence-corrected chi connectivity index (χ2v) is 5.66. The van der Waals surface area contributed by atoms with Crippen molar-refractivity contribution in [3.05, 3.63) is 65.0 Å². The van der Waals surface area contributed by atoms with Crippen LogP contribution in [0.3, 0.4) is 0 Å². The van der Waals surface area contributed by atoms with Gasteiger partial charge in [0.05, 0.1) is 5.39 Å². The third kappa shape index (κ3) is 2.11. The molecular formula is C19H19FN+. The Morgan fingerprint density at radius 3 is 2.33 bits per heavy atom. The smallest absolute Gasteiger partial charge is 0.206 e. The number of benzene rings is 2. The Morgan fingerprint density at radius 2 is 1.62 bits per heavy atom. The summed E-state index contributed by atoms with van der Waals surface area (Å²) < 4.78 is 16.2. The number of hydrogen-bond acceptors (Lipinski definition) is 0. The number of rotatable bonds is 1. The highest BCUT2D eigenvalue weighted by Crippen LogP contribution is 2.26. The summed E-state index contributed by atoms with van der Waals surface area (Å²) in [4.78, 5) is 0. The lowest BCUT2D eigenvalue weighted by atomic mass is 10.0. The number of nitrogens with zero attached hydrogens (tertiary/aromatic N) is 1. The summed E-state index contributed by atoms with van der Waals surface area (Å²) in [5, 5.41) is 0.970. The van der Waals surface area contributed by atoms with Gasteiger partial charge in [0, 0.05) is 17.7 Å². The van der Waals surface area contributed by atoms with Gasteiger partial charge in [0.2, 0.25) is 11.2 Å². The van der Waals surface area contributed by atoms with E-state index in [2.05, 4.69) is 29.7 Å². The van der Waals surface area contributed by atoms with Gasteiger partial charge in [-0.05, 0) is 49.6 Å². The highest BCUT2D eigenvalue weighted by molar-refractivity contribution is 5.82. The van der Waals surface area contributed by atoms with E-state index in [1.54, 1.807) is 0 Å². The molecule has 0 saturated carbocycles. The van der Waals surface area contributed by atoms with Gasteiger partial charge in [-0.1, -0.05) is 18.2 Å². The Balaban J connectivity index is 2.36. The highest BCUT2D eigenvalue weighted by Gasteiger charge is 2.18. The van der Waals surface area contributed by atoms with Crippen LogP contribution in [-0.2, 0) is 7.05 Å². The van der Waals surface area contributed by atoms with Crippen molar-refractivity contribution in [3.63, 3.8) is 0 Å². The van der Waals surface area contributed by atoms with Gasteiger partial charge in [0.1, 0.15) is 12.9 Å². The van der Waals surface area contributed by atoms with E-state index in [-0.39, 0.29) is 5.82 Å². The zero-order valence-corrected chi connectivity index (χ0v) is 12.9. The van der Waals surface area contributed by atoms with Gasteiger partial charge in [-0.15, -0.1) is 0 Å². The minimum absolute atomic E-state index is 0.105. The summed E-state index contributed by atoms with van der Waals surface area (Å²) in [6.07, 6.45) is 0. The van der Waals surface area contributed by atoms with Crippen LogP contribution in [0.4, 0.5) is 4.39 Å². The number of pyridine rings is 1. The number of fused-ring (bicyclic) bond motifs is 1. The zero-order valence-electron chi connectivity index (χ0n) is 12.9. The maximum atomic E-state index is 14.1. The molecule has 0 unspecified atom stereocenters. The quantitative estimate of drug-likeness (QED) is 0.582. The van der Waals surface area contributed by atoms with Gasteiger partial charge in [0.15, 0.2) is 0 Å². The minimum atomic E-state index is -0.105. The van der Waals surface area contributed by atoms with E-state index in [0.29, 0.717) is 5.56 Å². The molecule has 1 aromatic heterocycles. The van der Waals surface area contributed by atoms with E-state index in [1.807, 2.05) is 45.2 Å². The van der Waals surface area contributed by atoms with Crippen LogP contribution >= 0.6 is 0 Å². The summed E-state index contributed by atoms with van der Waals surface area (Å²) in [5.41, 5.74) is 6.07. The lowest BCUT2D eigenvalue weighted by Crippen LogP contribution is -2.32. The van der Waals surface area contributed by atoms with Gasteiger partial charge in [-0.3, -0.25) is 0 Å². The average Bonchev–Trinajstić information content (AvgIpc) is 2.47. The fraction of sp³-hybridized carbons (Fsp3) is 0.211. The van der Waals surface area contributed by atoms with Crippen LogP contribution in [0.5, 0.6) is 0 Å². The Kier molecular flexibility index (Phi) is 3.25. The van der Waals surface area contributed by atoms with E-state index < -0.39 is 0 Å². The van der Waals surface area contributed by atoms with Gasteiger partial charge in [-0.25, -0.2) is 4.39 Å². The molecule has 0 bridgehead atoms. The van der Waals surface area contributed by atoms with Crippen molar-refractivity contribution in [2.75, 3.05) is 0 Å². The molecule has 21 heavy (non-hydrogen) atoms. The van der Waals surface area contributed by atoms with Gasteiger partial charge in [0.25, 0.3) is 0 Å². The van der Waals surface area contributed by atoms with Crippen molar-refractivity contribution >= 4 is 10.9 Å². The molecule has 0 amide bonds. The molecule has 106 valence electrons. The first-order valence-electron chi connectivity index (χ1n) is 7.15. The molecule has 0 spiro atoms. The molecule has 2 aromatic carbocycles. The molecule has 0 aliphatic heterocycles. The van der Waals surface area contributed by atoms with Crippen LogP contribution in [-0.4, -0.2) is 0 Å². The Labute approximate surface area is 124 Å². The average molecular weight is 280 g/mol. The van der Waals surface area contributed by atoms with Crippen molar-refractivity contribution in [1.29, 1.82) is 0 Å². The van der Waals surface area contributed by atoms with Crippen LogP contribution in [0.2, 0.25) is 0 Å². The minimum Gasteiger partial charge on any atom is -0.206 e. The Bertz CT molecular complexity index is 850. The molecule has 0 radical (unpaired) electrons. The lowest BCUT2D eigenvalue weighted by molar-refractivity contribution is -0.633. The summed E-state index contributed by atoms with van der Waals surface area (Å²) >= 11 is 0. The first-order chi connectivity index (χ1) is 10.0. The summed E-state index contributed by atoms with van der Waals surface area (Å²) in [7, 11) is 2.04. The fourth-order valence-electron chi connectivity index (χ4n) is 2.97. The van der Waals surface area contributed by atoms with Crippen molar-refractivity contribution in [2.45, 2.75) is 20.8 Å². The molecule has 1 heterocycles. The van der Waals surface area contributed by atoms with Crippen molar-refractivity contribution < 1.29 is 8.96 Å². The van der Waals surface area contributed by atoms with Gasteiger partial charge in [-0.2, -0.15) is 4.57 Å². The normalized spacial score (nSPS) is 11.1. The highest BCUT2D eigenvalue weighted by atomic mass is 19.1. The Morgan fingerprint density at radius 1 is 0.905 bits per heavy atom. The van der Waals surface area contributed by atoms with Crippen LogP contribution in [0.15, 0.2) is 42.5 Å². The zero-order chi connectivity index (χ0) is 15.1. The van der Waals surface area contributed by atoms with E-state index in [0.717, 1.165) is 22.2 Å². The standard InChI is InChI=1S/C19H19FN/c1-12-7-5-6-8-15(12)17-10-9-16-14(3)19(20)13(2)11-18(16)21(17)4/h5-11H,1-4H3/q+1. The SMILES string of the molecule is Cc1ccccc1-c1ccc2c(C)c(F)c(C)cc2[n+]1C. The summed E-state index contributed by atoms with van der Waals surface area (Å²) in [6, 6.07) is 14.4. The lowest BCUT2D eigenvalue weighted by Gasteiger charge is -2.09. The number of hydrogen-bond donors (Lipinski definition) is 0. The van der Waals surface area contributed by atoms with E-state index >= 15 is 0 Å². The van der Waals surface area contributed by atoms with Crippen molar-refractivity contribution in [2.24, 2.45) is 7.05 Å². The van der Waals surface area contributed by atoms with Crippen molar-refractivity contribution in [3.8, 4) is 11.3 Å². The summed E-state index contributed by atoms with van der Waals surface area (Å²) in [5.74, 6) is -0.105. The topological polar surface area (TPSA) is 3.88 Å². The third-order valence-corrected chi connectivity index (χ3v) is 4.26. The number of aryl methyl sites for hydroxylation is 4. The second-order valence-electron chi connectivity index (χ2n) is 5.66. The maximum Gasteiger partial charge on any atom is 0.213 e.